The molecule has 0 saturated carbocycles. The van der Waals surface area contributed by atoms with Gasteiger partial charge in [-0.2, -0.15) is 0 Å². The molecule has 2 aromatic carbocycles. The molecule has 31 heavy (non-hydrogen) atoms. The lowest BCUT2D eigenvalue weighted by atomic mass is 9.89. The van der Waals surface area contributed by atoms with Gasteiger partial charge < -0.3 is 23.4 Å². The molecule has 0 radical (unpaired) electrons. The van der Waals surface area contributed by atoms with Crippen LogP contribution in [0.3, 0.4) is 0 Å². The third-order valence-electron chi connectivity index (χ3n) is 4.94. The van der Waals surface area contributed by atoms with E-state index in [0.717, 1.165) is 0 Å². The summed E-state index contributed by atoms with van der Waals surface area (Å²) >= 11 is 0. The topological polar surface area (TPSA) is 101 Å². The Kier molecular flexibility index (Phi) is 6.59. The molecule has 8 nitrogen and oxygen atoms in total. The largest absolute Gasteiger partial charge is 0.497 e. The van der Waals surface area contributed by atoms with E-state index in [1.807, 2.05) is 0 Å². The molecule has 0 spiro atoms. The number of carbonyl (C=O) groups excluding carboxylic acids is 2. The number of methoxy groups -OCH3 is 4. The Morgan fingerprint density at radius 3 is 2.29 bits per heavy atom. The molecule has 1 atom stereocenters. The Morgan fingerprint density at radius 2 is 1.65 bits per heavy atom. The third-order valence-corrected chi connectivity index (χ3v) is 4.94. The molecule has 0 N–H and O–H groups in total. The molecule has 0 saturated heterocycles. The van der Waals surface area contributed by atoms with Gasteiger partial charge >= 0.3 is 11.6 Å². The maximum absolute atomic E-state index is 13.0. The summed E-state index contributed by atoms with van der Waals surface area (Å²) in [5.74, 6) is -0.623. The number of ether oxygens (including phenoxy) is 4. The van der Waals surface area contributed by atoms with Crippen LogP contribution in [0.2, 0.25) is 0 Å². The predicted octanol–water partition coefficient (Wildman–Crippen LogP) is 3.35. The van der Waals surface area contributed by atoms with E-state index in [1.54, 1.807) is 30.3 Å². The molecular formula is C23H22O8. The second-order valence-electron chi connectivity index (χ2n) is 6.66. The summed E-state index contributed by atoms with van der Waals surface area (Å²) < 4.78 is 25.8. The highest BCUT2D eigenvalue weighted by molar-refractivity contribution is 6.01. The van der Waals surface area contributed by atoms with Crippen molar-refractivity contribution in [3.05, 3.63) is 64.0 Å². The standard InChI is InChI=1S/C23H22O8/c1-27-14-6-7-15-16(12-22(25)31-20(15)10-14)17(23(26)30-4)11-18(24)13-5-8-19(28-2)21(9-13)29-3/h5-10,12,17H,11H2,1-4H3/t17-/m0/s1. The lowest BCUT2D eigenvalue weighted by molar-refractivity contribution is -0.142. The second-order valence-corrected chi connectivity index (χ2v) is 6.66. The van der Waals surface area contributed by atoms with E-state index in [1.165, 1.54) is 40.6 Å². The van der Waals surface area contributed by atoms with E-state index >= 15 is 0 Å². The Labute approximate surface area is 178 Å². The lowest BCUT2D eigenvalue weighted by Gasteiger charge is -2.17. The summed E-state index contributed by atoms with van der Waals surface area (Å²) in [6, 6.07) is 10.8. The summed E-state index contributed by atoms with van der Waals surface area (Å²) in [5, 5.41) is 0.510. The first-order chi connectivity index (χ1) is 14.9. The molecule has 0 aliphatic heterocycles. The minimum atomic E-state index is -1.01. The zero-order valence-electron chi connectivity index (χ0n) is 17.6. The Morgan fingerprint density at radius 1 is 0.903 bits per heavy atom. The Balaban J connectivity index is 2.05. The first-order valence-corrected chi connectivity index (χ1v) is 9.36. The Hall–Kier alpha value is -3.81. The van der Waals surface area contributed by atoms with E-state index in [9.17, 15) is 14.4 Å². The second kappa shape index (κ2) is 9.34. The molecule has 0 amide bonds. The Bertz CT molecular complexity index is 1180. The van der Waals surface area contributed by atoms with E-state index in [4.69, 9.17) is 23.4 Å². The quantitative estimate of drug-likeness (QED) is 0.307. The smallest absolute Gasteiger partial charge is 0.336 e. The minimum Gasteiger partial charge on any atom is -0.497 e. The van der Waals surface area contributed by atoms with Crippen molar-refractivity contribution in [3.8, 4) is 17.2 Å². The molecule has 162 valence electrons. The monoisotopic (exact) mass is 426 g/mol. The van der Waals surface area contributed by atoms with Crippen LogP contribution >= 0.6 is 0 Å². The summed E-state index contributed by atoms with van der Waals surface area (Å²) in [4.78, 5) is 37.8. The van der Waals surface area contributed by atoms with Crippen molar-refractivity contribution < 1.29 is 33.0 Å². The van der Waals surface area contributed by atoms with Gasteiger partial charge in [-0.15, -0.1) is 0 Å². The molecule has 1 heterocycles. The molecule has 0 bridgehead atoms. The third kappa shape index (κ3) is 4.53. The van der Waals surface area contributed by atoms with Crippen molar-refractivity contribution in [2.24, 2.45) is 0 Å². The molecule has 0 fully saturated rings. The zero-order chi connectivity index (χ0) is 22.5. The molecule has 0 aliphatic rings. The number of fused-ring (bicyclic) bond motifs is 1. The minimum absolute atomic E-state index is 0.216. The summed E-state index contributed by atoms with van der Waals surface area (Å²) in [6.45, 7) is 0. The molecule has 8 heteroatoms. The van der Waals surface area contributed by atoms with E-state index in [-0.39, 0.29) is 17.8 Å². The first-order valence-electron chi connectivity index (χ1n) is 9.36. The summed E-state index contributed by atoms with van der Waals surface area (Å²) in [6.07, 6.45) is -0.216. The van der Waals surface area contributed by atoms with Gasteiger partial charge in [-0.25, -0.2) is 4.79 Å². The number of benzene rings is 2. The van der Waals surface area contributed by atoms with Gasteiger partial charge in [0, 0.05) is 29.5 Å². The van der Waals surface area contributed by atoms with Crippen LogP contribution in [0.1, 0.15) is 28.3 Å². The van der Waals surface area contributed by atoms with Crippen molar-refractivity contribution >= 4 is 22.7 Å². The molecule has 3 aromatic rings. The number of rotatable bonds is 8. The lowest BCUT2D eigenvalue weighted by Crippen LogP contribution is -2.20. The van der Waals surface area contributed by atoms with Gasteiger partial charge in [-0.05, 0) is 35.9 Å². The molecule has 3 rings (SSSR count). The number of hydrogen-bond acceptors (Lipinski definition) is 8. The van der Waals surface area contributed by atoms with Crippen LogP contribution in [-0.4, -0.2) is 40.2 Å². The molecule has 1 aromatic heterocycles. The van der Waals surface area contributed by atoms with Crippen molar-refractivity contribution in [1.29, 1.82) is 0 Å². The average molecular weight is 426 g/mol. The van der Waals surface area contributed by atoms with Gasteiger partial charge in [0.25, 0.3) is 0 Å². The fourth-order valence-corrected chi connectivity index (χ4v) is 3.36. The molecule has 0 aliphatic carbocycles. The van der Waals surface area contributed by atoms with Gasteiger partial charge in [0.1, 0.15) is 11.3 Å². The van der Waals surface area contributed by atoms with Crippen LogP contribution in [0.4, 0.5) is 0 Å². The maximum atomic E-state index is 13.0. The fraction of sp³-hybridized carbons (Fsp3) is 0.261. The number of esters is 1. The van der Waals surface area contributed by atoms with Gasteiger partial charge in [0.15, 0.2) is 17.3 Å². The van der Waals surface area contributed by atoms with E-state index in [0.29, 0.717) is 33.8 Å². The van der Waals surface area contributed by atoms with Gasteiger partial charge in [0.2, 0.25) is 0 Å². The van der Waals surface area contributed by atoms with Crippen LogP contribution in [0, 0.1) is 0 Å². The van der Waals surface area contributed by atoms with Crippen LogP contribution in [-0.2, 0) is 9.53 Å². The highest BCUT2D eigenvalue weighted by atomic mass is 16.5. The highest BCUT2D eigenvalue weighted by Crippen LogP contribution is 2.33. The SMILES string of the molecule is COC(=O)[C@@H](CC(=O)c1ccc(OC)c(OC)c1)c1cc(=O)oc2cc(OC)ccc12. The predicted molar refractivity (Wildman–Crippen MR) is 112 cm³/mol. The average Bonchev–Trinajstić information content (AvgIpc) is 2.80. The van der Waals surface area contributed by atoms with E-state index < -0.39 is 17.5 Å². The van der Waals surface area contributed by atoms with Gasteiger partial charge in [-0.1, -0.05) is 0 Å². The summed E-state index contributed by atoms with van der Waals surface area (Å²) in [5.41, 5.74) is 0.271. The number of carbonyl (C=O) groups is 2. The van der Waals surface area contributed by atoms with Crippen molar-refractivity contribution in [3.63, 3.8) is 0 Å². The van der Waals surface area contributed by atoms with Crippen molar-refractivity contribution in [2.75, 3.05) is 28.4 Å². The number of Topliss-reactive ketones (excluding diaryl/α,β-unsaturated/α-hetero) is 1. The normalized spacial score (nSPS) is 11.6. The number of hydrogen-bond donors (Lipinski definition) is 0. The fourth-order valence-electron chi connectivity index (χ4n) is 3.36. The maximum Gasteiger partial charge on any atom is 0.336 e. The zero-order valence-corrected chi connectivity index (χ0v) is 17.6. The van der Waals surface area contributed by atoms with Crippen molar-refractivity contribution in [1.82, 2.24) is 0 Å². The van der Waals surface area contributed by atoms with Crippen LogP contribution in [0.5, 0.6) is 17.2 Å². The first kappa shape index (κ1) is 21.9. The molecule has 0 unspecified atom stereocenters. The molecular weight excluding hydrogens is 404 g/mol. The van der Waals surface area contributed by atoms with Crippen LogP contribution < -0.4 is 19.8 Å². The van der Waals surface area contributed by atoms with Crippen LogP contribution in [0.25, 0.3) is 11.0 Å². The van der Waals surface area contributed by atoms with Gasteiger partial charge in [0.05, 0.1) is 34.4 Å². The van der Waals surface area contributed by atoms with Crippen molar-refractivity contribution in [2.45, 2.75) is 12.3 Å². The van der Waals surface area contributed by atoms with E-state index in [2.05, 4.69) is 0 Å². The highest BCUT2D eigenvalue weighted by Gasteiger charge is 2.28. The van der Waals surface area contributed by atoms with Crippen LogP contribution in [0.15, 0.2) is 51.7 Å². The van der Waals surface area contributed by atoms with Gasteiger partial charge in [-0.3, -0.25) is 9.59 Å². The summed E-state index contributed by atoms with van der Waals surface area (Å²) in [7, 11) is 5.68. The number of ketones is 1.